The number of hydrogen-bond donors (Lipinski definition) is 2. The Kier molecular flexibility index (Phi) is 8.33. The molecule has 9 nitrogen and oxygen atoms in total. The number of hydrogen-bond acceptors (Lipinski definition) is 7. The van der Waals surface area contributed by atoms with Crippen molar-refractivity contribution in [2.45, 2.75) is 12.1 Å². The first-order valence-electron chi connectivity index (χ1n) is 13.9. The predicted molar refractivity (Wildman–Crippen MR) is 170 cm³/mol. The number of carbonyl (C=O) groups excluding carboxylic acids is 2. The van der Waals surface area contributed by atoms with Crippen LogP contribution in [0.2, 0.25) is 0 Å². The number of amides is 1. The molecule has 1 fully saturated rings. The van der Waals surface area contributed by atoms with Gasteiger partial charge >= 0.3 is 5.97 Å². The van der Waals surface area contributed by atoms with Crippen LogP contribution in [0.25, 0.3) is 11.3 Å². The van der Waals surface area contributed by atoms with Crippen LogP contribution in [0.1, 0.15) is 33.9 Å². The number of rotatable bonds is 9. The summed E-state index contributed by atoms with van der Waals surface area (Å²) in [4.78, 5) is 30.9. The first kappa shape index (κ1) is 28.6. The van der Waals surface area contributed by atoms with Gasteiger partial charge in [-0.25, -0.2) is 4.79 Å². The fourth-order valence-electron chi connectivity index (χ4n) is 5.05. The van der Waals surface area contributed by atoms with Gasteiger partial charge < -0.3 is 29.4 Å². The zero-order valence-electron chi connectivity index (χ0n) is 23.7. The molecule has 0 bridgehead atoms. The van der Waals surface area contributed by atoms with Crippen molar-refractivity contribution < 1.29 is 23.5 Å². The number of furan rings is 1. The fourth-order valence-corrected chi connectivity index (χ4v) is 5.39. The van der Waals surface area contributed by atoms with E-state index in [-0.39, 0.29) is 24.6 Å². The van der Waals surface area contributed by atoms with Gasteiger partial charge in [0.2, 0.25) is 0 Å². The average Bonchev–Trinajstić information content (AvgIpc) is 3.69. The molecular formula is C34H28N4O5S. The molecule has 2 aromatic heterocycles. The summed E-state index contributed by atoms with van der Waals surface area (Å²) in [5, 5.41) is 6.80. The maximum atomic E-state index is 12.5. The number of pyridine rings is 1. The SMILES string of the molecule is COC(=O)c1ccc(-c2ccc([C@H]3[C@H](c4ccccn4)NC(=S)N3c3ccc(NC(=O)COc4ccccc4)cc3)o2)cc1. The summed E-state index contributed by atoms with van der Waals surface area (Å²) in [5.74, 6) is 1.28. The average molecular weight is 605 g/mol. The maximum absolute atomic E-state index is 12.5. The molecule has 220 valence electrons. The zero-order valence-corrected chi connectivity index (χ0v) is 24.5. The molecule has 0 aliphatic carbocycles. The Labute approximate surface area is 259 Å². The third kappa shape index (κ3) is 6.16. The van der Waals surface area contributed by atoms with E-state index in [2.05, 4.69) is 15.6 Å². The smallest absolute Gasteiger partial charge is 0.337 e. The molecule has 2 atom stereocenters. The lowest BCUT2D eigenvalue weighted by Gasteiger charge is -2.26. The van der Waals surface area contributed by atoms with E-state index in [0.717, 1.165) is 16.9 Å². The van der Waals surface area contributed by atoms with Gasteiger partial charge in [-0.3, -0.25) is 9.78 Å². The van der Waals surface area contributed by atoms with Crippen molar-refractivity contribution >= 4 is 40.6 Å². The highest BCUT2D eigenvalue weighted by molar-refractivity contribution is 7.80. The largest absolute Gasteiger partial charge is 0.484 e. The van der Waals surface area contributed by atoms with Crippen LogP contribution in [-0.2, 0) is 9.53 Å². The summed E-state index contributed by atoms with van der Waals surface area (Å²) in [7, 11) is 1.35. The second kappa shape index (κ2) is 12.8. The molecule has 0 unspecified atom stereocenters. The van der Waals surface area contributed by atoms with Crippen molar-refractivity contribution in [2.75, 3.05) is 23.9 Å². The lowest BCUT2D eigenvalue weighted by atomic mass is 10.0. The molecule has 0 spiro atoms. The minimum absolute atomic E-state index is 0.105. The van der Waals surface area contributed by atoms with Gasteiger partial charge in [-0.15, -0.1) is 0 Å². The van der Waals surface area contributed by atoms with E-state index in [1.165, 1.54) is 7.11 Å². The number of anilines is 2. The normalized spacial score (nSPS) is 15.8. The van der Waals surface area contributed by atoms with Crippen molar-refractivity contribution in [3.63, 3.8) is 0 Å². The van der Waals surface area contributed by atoms with E-state index < -0.39 is 5.97 Å². The summed E-state index contributed by atoms with van der Waals surface area (Å²) in [6.07, 6.45) is 1.75. The molecule has 5 aromatic rings. The van der Waals surface area contributed by atoms with Gasteiger partial charge in [-0.2, -0.15) is 0 Å². The third-order valence-electron chi connectivity index (χ3n) is 7.15. The molecule has 0 saturated carbocycles. The van der Waals surface area contributed by atoms with Crippen LogP contribution < -0.4 is 20.3 Å². The Balaban J connectivity index is 1.24. The highest BCUT2D eigenvalue weighted by Gasteiger charge is 2.42. The summed E-state index contributed by atoms with van der Waals surface area (Å²) in [5.41, 5.74) is 3.52. The quantitative estimate of drug-likeness (QED) is 0.148. The molecule has 1 aliphatic heterocycles. The van der Waals surface area contributed by atoms with Crippen LogP contribution in [0.4, 0.5) is 11.4 Å². The highest BCUT2D eigenvalue weighted by atomic mass is 32.1. The minimum Gasteiger partial charge on any atom is -0.484 e. The Morgan fingerprint density at radius 2 is 1.68 bits per heavy atom. The van der Waals surface area contributed by atoms with Crippen LogP contribution in [0.3, 0.4) is 0 Å². The van der Waals surface area contributed by atoms with Crippen molar-refractivity contribution in [3.05, 3.63) is 132 Å². The van der Waals surface area contributed by atoms with Crippen LogP contribution in [0.5, 0.6) is 5.75 Å². The van der Waals surface area contributed by atoms with E-state index in [9.17, 15) is 9.59 Å². The molecule has 1 amide bonds. The molecule has 0 radical (unpaired) electrons. The molecule has 44 heavy (non-hydrogen) atoms. The third-order valence-corrected chi connectivity index (χ3v) is 7.46. The minimum atomic E-state index is -0.401. The van der Waals surface area contributed by atoms with Crippen LogP contribution in [-0.4, -0.2) is 35.7 Å². The first-order valence-corrected chi connectivity index (χ1v) is 14.3. The van der Waals surface area contributed by atoms with E-state index in [4.69, 9.17) is 26.1 Å². The lowest BCUT2D eigenvalue weighted by molar-refractivity contribution is -0.118. The van der Waals surface area contributed by atoms with Crippen LogP contribution >= 0.6 is 12.2 Å². The van der Waals surface area contributed by atoms with E-state index in [1.807, 2.05) is 89.8 Å². The van der Waals surface area contributed by atoms with Gasteiger partial charge in [0.15, 0.2) is 11.7 Å². The summed E-state index contributed by atoms with van der Waals surface area (Å²) in [6.45, 7) is -0.105. The van der Waals surface area contributed by atoms with E-state index >= 15 is 0 Å². The summed E-state index contributed by atoms with van der Waals surface area (Å²) < 4.78 is 16.8. The van der Waals surface area contributed by atoms with E-state index in [1.54, 1.807) is 30.5 Å². The van der Waals surface area contributed by atoms with Crippen LogP contribution in [0.15, 0.2) is 120 Å². The number of carbonyl (C=O) groups is 2. The van der Waals surface area contributed by atoms with Gasteiger partial charge in [0.05, 0.1) is 24.4 Å². The zero-order chi connectivity index (χ0) is 30.5. The van der Waals surface area contributed by atoms with Crippen LogP contribution in [0, 0.1) is 0 Å². The maximum Gasteiger partial charge on any atom is 0.337 e. The number of benzene rings is 3. The number of aromatic nitrogens is 1. The molecule has 3 aromatic carbocycles. The molecule has 1 saturated heterocycles. The van der Waals surface area contributed by atoms with Crippen molar-refractivity contribution in [1.29, 1.82) is 0 Å². The fraction of sp³-hybridized carbons (Fsp3) is 0.118. The number of esters is 1. The molecule has 3 heterocycles. The Bertz CT molecular complexity index is 1760. The second-order valence-electron chi connectivity index (χ2n) is 9.96. The number of ether oxygens (including phenoxy) is 2. The number of methoxy groups -OCH3 is 1. The van der Waals surface area contributed by atoms with E-state index in [0.29, 0.717) is 33.6 Å². The summed E-state index contributed by atoms with van der Waals surface area (Å²) >= 11 is 5.83. The monoisotopic (exact) mass is 604 g/mol. The first-order chi connectivity index (χ1) is 21.5. The van der Waals surface area contributed by atoms with Crippen molar-refractivity contribution in [1.82, 2.24) is 10.3 Å². The van der Waals surface area contributed by atoms with Gasteiger partial charge in [-0.05, 0) is 85.0 Å². The van der Waals surface area contributed by atoms with Gasteiger partial charge in [0, 0.05) is 23.1 Å². The second-order valence-corrected chi connectivity index (χ2v) is 10.4. The molecule has 2 N–H and O–H groups in total. The topological polar surface area (TPSA) is 106 Å². The molecular weight excluding hydrogens is 576 g/mol. The lowest BCUT2D eigenvalue weighted by Crippen LogP contribution is -2.29. The Morgan fingerprint density at radius 1 is 0.932 bits per heavy atom. The number of nitrogens with one attached hydrogen (secondary N) is 2. The standard InChI is InChI=1S/C34H28N4O5S/c1-41-33(40)23-12-10-22(11-13-23)28-18-19-29(43-28)32-31(27-9-5-6-20-35-27)37-34(44)38(32)25-16-14-24(15-17-25)36-30(39)21-42-26-7-3-2-4-8-26/h2-20,31-32H,21H2,1H3,(H,36,39)(H,37,44)/t31-,32-/m0/s1. The summed E-state index contributed by atoms with van der Waals surface area (Å²) in [6, 6.07) is 32.6. The van der Waals surface area contributed by atoms with Gasteiger partial charge in [0.25, 0.3) is 5.91 Å². The number of thiocarbonyl (C=S) groups is 1. The van der Waals surface area contributed by atoms with Gasteiger partial charge in [-0.1, -0.05) is 36.4 Å². The Morgan fingerprint density at radius 3 is 2.39 bits per heavy atom. The Hall–Kier alpha value is -5.48. The predicted octanol–water partition coefficient (Wildman–Crippen LogP) is 6.32. The molecule has 10 heteroatoms. The molecule has 6 rings (SSSR count). The number of nitrogens with zero attached hydrogens (tertiary/aromatic N) is 2. The highest BCUT2D eigenvalue weighted by Crippen LogP contribution is 2.43. The number of para-hydroxylation sites is 1. The van der Waals surface area contributed by atoms with Gasteiger partial charge in [0.1, 0.15) is 23.3 Å². The van der Waals surface area contributed by atoms with Crippen molar-refractivity contribution in [2.24, 2.45) is 0 Å². The molecule has 1 aliphatic rings. The van der Waals surface area contributed by atoms with Crippen molar-refractivity contribution in [3.8, 4) is 17.1 Å².